The van der Waals surface area contributed by atoms with Gasteiger partial charge in [-0.2, -0.15) is 4.31 Å². The third kappa shape index (κ3) is 5.99. The summed E-state index contributed by atoms with van der Waals surface area (Å²) in [6.45, 7) is 6.58. The van der Waals surface area contributed by atoms with E-state index in [9.17, 15) is 13.2 Å². The first-order valence-corrected chi connectivity index (χ1v) is 12.7. The van der Waals surface area contributed by atoms with Crippen molar-refractivity contribution in [2.24, 2.45) is 0 Å². The van der Waals surface area contributed by atoms with Crippen molar-refractivity contribution >= 4 is 15.9 Å². The summed E-state index contributed by atoms with van der Waals surface area (Å²) in [4.78, 5) is 15.4. The molecule has 0 unspecified atom stereocenters. The van der Waals surface area contributed by atoms with Crippen molar-refractivity contribution in [3.63, 3.8) is 0 Å². The van der Waals surface area contributed by atoms with Gasteiger partial charge in [0, 0.05) is 44.8 Å². The zero-order valence-corrected chi connectivity index (χ0v) is 19.7. The van der Waals surface area contributed by atoms with Gasteiger partial charge in [-0.05, 0) is 30.2 Å². The van der Waals surface area contributed by atoms with Crippen LogP contribution in [0.15, 0.2) is 53.4 Å². The van der Waals surface area contributed by atoms with Crippen LogP contribution in [0.4, 0.5) is 0 Å². The van der Waals surface area contributed by atoms with Gasteiger partial charge in [0.1, 0.15) is 0 Å². The zero-order chi connectivity index (χ0) is 23.3. The van der Waals surface area contributed by atoms with E-state index < -0.39 is 10.0 Å². The minimum Gasteiger partial charge on any atom is -0.379 e. The molecule has 8 nitrogen and oxygen atoms in total. The molecule has 0 bridgehead atoms. The van der Waals surface area contributed by atoms with Gasteiger partial charge in [-0.3, -0.25) is 9.69 Å². The molecule has 4 rings (SSSR count). The van der Waals surface area contributed by atoms with Gasteiger partial charge >= 0.3 is 0 Å². The first-order valence-electron chi connectivity index (χ1n) is 11.3. The monoisotopic (exact) mass is 473 g/mol. The molecule has 0 spiro atoms. The van der Waals surface area contributed by atoms with Gasteiger partial charge in [0.05, 0.1) is 30.8 Å². The third-order valence-corrected chi connectivity index (χ3v) is 7.92. The Kier molecular flexibility index (Phi) is 7.77. The SMILES string of the molecule is Cc1ccc(S(=O)(=O)N2CCOCC2)cc1C(=O)NC[C@@H]1CN(Cc2ccccc2)CCO1. The Labute approximate surface area is 195 Å². The lowest BCUT2D eigenvalue weighted by Gasteiger charge is -2.33. The van der Waals surface area contributed by atoms with Crippen molar-refractivity contribution in [2.45, 2.75) is 24.5 Å². The van der Waals surface area contributed by atoms with E-state index in [0.717, 1.165) is 25.2 Å². The fourth-order valence-corrected chi connectivity index (χ4v) is 5.57. The van der Waals surface area contributed by atoms with Crippen LogP contribution in [0.1, 0.15) is 21.5 Å². The second-order valence-electron chi connectivity index (χ2n) is 8.42. The number of hydrogen-bond acceptors (Lipinski definition) is 6. The maximum atomic E-state index is 13.0. The molecule has 2 saturated heterocycles. The number of carbonyl (C=O) groups is 1. The molecule has 2 aliphatic heterocycles. The van der Waals surface area contributed by atoms with Gasteiger partial charge in [-0.1, -0.05) is 36.4 Å². The summed E-state index contributed by atoms with van der Waals surface area (Å²) in [5.74, 6) is -0.296. The van der Waals surface area contributed by atoms with Gasteiger partial charge in [-0.15, -0.1) is 0 Å². The molecule has 0 aromatic heterocycles. The van der Waals surface area contributed by atoms with E-state index in [1.54, 1.807) is 19.1 Å². The van der Waals surface area contributed by atoms with Crippen LogP contribution in [-0.4, -0.2) is 82.2 Å². The van der Waals surface area contributed by atoms with Crippen LogP contribution in [-0.2, 0) is 26.0 Å². The summed E-state index contributed by atoms with van der Waals surface area (Å²) < 4.78 is 38.5. The van der Waals surface area contributed by atoms with Crippen molar-refractivity contribution in [3.05, 3.63) is 65.2 Å². The van der Waals surface area contributed by atoms with E-state index >= 15 is 0 Å². The zero-order valence-electron chi connectivity index (χ0n) is 18.9. The van der Waals surface area contributed by atoms with Crippen molar-refractivity contribution in [1.29, 1.82) is 0 Å². The highest BCUT2D eigenvalue weighted by Gasteiger charge is 2.28. The summed E-state index contributed by atoms with van der Waals surface area (Å²) in [7, 11) is -3.67. The fraction of sp³-hybridized carbons (Fsp3) is 0.458. The molecule has 2 aliphatic rings. The molecule has 2 aromatic rings. The molecule has 2 heterocycles. The predicted octanol–water partition coefficient (Wildman–Crippen LogP) is 1.65. The van der Waals surface area contributed by atoms with Gasteiger partial charge in [0.25, 0.3) is 5.91 Å². The Morgan fingerprint density at radius 3 is 2.58 bits per heavy atom. The Morgan fingerprint density at radius 2 is 1.82 bits per heavy atom. The molecule has 1 N–H and O–H groups in total. The average Bonchev–Trinajstić information content (AvgIpc) is 2.84. The van der Waals surface area contributed by atoms with Crippen molar-refractivity contribution in [2.75, 3.05) is 52.5 Å². The van der Waals surface area contributed by atoms with Crippen molar-refractivity contribution in [3.8, 4) is 0 Å². The van der Waals surface area contributed by atoms with E-state index in [4.69, 9.17) is 9.47 Å². The molecule has 2 aromatic carbocycles. The highest BCUT2D eigenvalue weighted by atomic mass is 32.2. The first-order chi connectivity index (χ1) is 15.9. The maximum Gasteiger partial charge on any atom is 0.251 e. The molecular weight excluding hydrogens is 442 g/mol. The predicted molar refractivity (Wildman–Crippen MR) is 125 cm³/mol. The van der Waals surface area contributed by atoms with Crippen molar-refractivity contribution in [1.82, 2.24) is 14.5 Å². The number of rotatable bonds is 7. The van der Waals surface area contributed by atoms with Crippen LogP contribution in [0.25, 0.3) is 0 Å². The van der Waals surface area contributed by atoms with E-state index in [-0.39, 0.29) is 16.9 Å². The Balaban J connectivity index is 1.37. The number of nitrogens with one attached hydrogen (secondary N) is 1. The average molecular weight is 474 g/mol. The molecule has 2 fully saturated rings. The largest absolute Gasteiger partial charge is 0.379 e. The number of morpholine rings is 2. The van der Waals surface area contributed by atoms with E-state index in [0.29, 0.717) is 45.0 Å². The standard InChI is InChI=1S/C24H31N3O5S/c1-19-7-8-22(33(29,30)27-10-12-31-13-11-27)15-23(19)24(28)25-16-21-18-26(9-14-32-21)17-20-5-3-2-4-6-20/h2-8,15,21H,9-14,16-18H2,1H3,(H,25,28)/t21-/m1/s1. The second-order valence-corrected chi connectivity index (χ2v) is 10.4. The molecule has 1 atom stereocenters. The molecule has 1 amide bonds. The van der Waals surface area contributed by atoms with Crippen LogP contribution in [0.2, 0.25) is 0 Å². The smallest absolute Gasteiger partial charge is 0.251 e. The van der Waals surface area contributed by atoms with Crippen LogP contribution >= 0.6 is 0 Å². The van der Waals surface area contributed by atoms with Crippen LogP contribution in [0, 0.1) is 6.92 Å². The van der Waals surface area contributed by atoms with Gasteiger partial charge in [-0.25, -0.2) is 8.42 Å². The lowest BCUT2D eigenvalue weighted by Crippen LogP contribution is -2.47. The normalized spacial score (nSPS) is 20.5. The summed E-state index contributed by atoms with van der Waals surface area (Å²) in [6, 6.07) is 15.0. The summed E-state index contributed by atoms with van der Waals surface area (Å²) >= 11 is 0. The lowest BCUT2D eigenvalue weighted by atomic mass is 10.1. The highest BCUT2D eigenvalue weighted by molar-refractivity contribution is 7.89. The second kappa shape index (κ2) is 10.8. The molecule has 0 saturated carbocycles. The fourth-order valence-electron chi connectivity index (χ4n) is 4.13. The van der Waals surface area contributed by atoms with E-state index in [2.05, 4.69) is 22.3 Å². The van der Waals surface area contributed by atoms with E-state index in [1.165, 1.54) is 15.9 Å². The van der Waals surface area contributed by atoms with Crippen LogP contribution in [0.5, 0.6) is 0 Å². The number of amides is 1. The van der Waals surface area contributed by atoms with Gasteiger partial charge in [0.15, 0.2) is 0 Å². The molecule has 9 heteroatoms. The maximum absolute atomic E-state index is 13.0. The topological polar surface area (TPSA) is 88.2 Å². The molecule has 0 aliphatic carbocycles. The summed E-state index contributed by atoms with van der Waals surface area (Å²) in [5.41, 5.74) is 2.33. The van der Waals surface area contributed by atoms with Crippen LogP contribution in [0.3, 0.4) is 0 Å². The van der Waals surface area contributed by atoms with Crippen LogP contribution < -0.4 is 5.32 Å². The Morgan fingerprint density at radius 1 is 1.06 bits per heavy atom. The summed E-state index contributed by atoms with van der Waals surface area (Å²) in [6.07, 6.45) is -0.119. The quantitative estimate of drug-likeness (QED) is 0.658. The summed E-state index contributed by atoms with van der Waals surface area (Å²) in [5, 5.41) is 2.93. The first kappa shape index (κ1) is 23.8. The molecular formula is C24H31N3O5S. The number of benzene rings is 2. The number of aryl methyl sites for hydroxylation is 1. The lowest BCUT2D eigenvalue weighted by molar-refractivity contribution is -0.0292. The number of sulfonamides is 1. The third-order valence-electron chi connectivity index (χ3n) is 6.02. The van der Waals surface area contributed by atoms with Crippen molar-refractivity contribution < 1.29 is 22.7 Å². The molecule has 0 radical (unpaired) electrons. The number of hydrogen-bond donors (Lipinski definition) is 1. The highest BCUT2D eigenvalue weighted by Crippen LogP contribution is 2.21. The number of nitrogens with zero attached hydrogens (tertiary/aromatic N) is 2. The minimum atomic E-state index is -3.67. The van der Waals surface area contributed by atoms with Gasteiger partial charge < -0.3 is 14.8 Å². The molecule has 178 valence electrons. The number of ether oxygens (including phenoxy) is 2. The Hall–Kier alpha value is -2.30. The minimum absolute atomic E-state index is 0.119. The van der Waals surface area contributed by atoms with E-state index in [1.807, 2.05) is 18.2 Å². The molecule has 33 heavy (non-hydrogen) atoms. The van der Waals surface area contributed by atoms with Gasteiger partial charge in [0.2, 0.25) is 10.0 Å². The Bertz CT molecular complexity index is 1060. The number of carbonyl (C=O) groups excluding carboxylic acids is 1.